The van der Waals surface area contributed by atoms with Gasteiger partial charge in [0.1, 0.15) is 36.3 Å². The number of amides is 8. The summed E-state index contributed by atoms with van der Waals surface area (Å²) < 4.78 is 0. The fraction of sp³-hybridized carbons (Fsp3) is 0.743. The minimum absolute atomic E-state index is 0.0351. The van der Waals surface area contributed by atoms with E-state index >= 15 is 0 Å². The molecule has 7 atom stereocenters. The Hall–Kier alpha value is -4.54. The number of nitrogens with two attached hydrogens (primary N) is 5. The van der Waals surface area contributed by atoms with E-state index in [1.165, 1.54) is 16.7 Å². The molecule has 0 aromatic rings. The Labute approximate surface area is 336 Å². The number of likely N-dealkylation sites (tertiary alicyclic amines) is 2. The predicted molar refractivity (Wildman–Crippen MR) is 209 cm³/mol. The first-order chi connectivity index (χ1) is 27.1. The number of primary amides is 2. The van der Waals surface area contributed by atoms with E-state index in [-0.39, 0.29) is 38.8 Å². The summed E-state index contributed by atoms with van der Waals surface area (Å²) in [5.41, 5.74) is 28.0. The van der Waals surface area contributed by atoms with Gasteiger partial charge >= 0.3 is 5.97 Å². The SMILES string of the molecule is CSCC[C@H](NC(=O)[C@H](CC(N)=O)NC(=O)[C@@H]1CCCN1C(=O)[C@H](CC(N)=O)NC(=O)[C@@H]1CCCN1C(=O)[C@@H](N)CCCCN)C(=O)N[C@@H](CCCCN)C(=O)O. The molecular weight excluding hydrogens is 767 g/mol. The lowest BCUT2D eigenvalue weighted by molar-refractivity contribution is -0.145. The van der Waals surface area contributed by atoms with E-state index in [9.17, 15) is 48.3 Å². The average molecular weight is 828 g/mol. The van der Waals surface area contributed by atoms with Gasteiger partial charge in [-0.05, 0) is 89.3 Å². The van der Waals surface area contributed by atoms with Crippen molar-refractivity contribution in [3.63, 3.8) is 0 Å². The Morgan fingerprint density at radius 1 is 0.649 bits per heavy atom. The molecule has 0 aliphatic carbocycles. The van der Waals surface area contributed by atoms with Gasteiger partial charge in [0.05, 0.1) is 18.9 Å². The van der Waals surface area contributed by atoms with Crippen LogP contribution in [0.15, 0.2) is 0 Å². The molecule has 57 heavy (non-hydrogen) atoms. The minimum Gasteiger partial charge on any atom is -0.480 e. The van der Waals surface area contributed by atoms with Crippen LogP contribution in [0, 0.1) is 0 Å². The smallest absolute Gasteiger partial charge is 0.326 e. The Morgan fingerprint density at radius 3 is 1.63 bits per heavy atom. The van der Waals surface area contributed by atoms with Crippen molar-refractivity contribution in [2.24, 2.45) is 28.7 Å². The number of carboxylic acid groups (broad SMARTS) is 1. The van der Waals surface area contributed by atoms with Crippen molar-refractivity contribution < 1.29 is 48.3 Å². The van der Waals surface area contributed by atoms with Crippen LogP contribution >= 0.6 is 11.8 Å². The fourth-order valence-corrected chi connectivity index (χ4v) is 7.27. The van der Waals surface area contributed by atoms with Crippen LogP contribution in [0.1, 0.15) is 83.5 Å². The number of hydrogen-bond acceptors (Lipinski definition) is 13. The maximum absolute atomic E-state index is 13.9. The normalized spacial score (nSPS) is 19.1. The summed E-state index contributed by atoms with van der Waals surface area (Å²) in [6.07, 6.45) is 4.55. The highest BCUT2D eigenvalue weighted by Gasteiger charge is 2.42. The number of carboxylic acids is 1. The Kier molecular flexibility index (Phi) is 21.3. The molecule has 2 aliphatic heterocycles. The van der Waals surface area contributed by atoms with E-state index in [0.717, 1.165) is 4.90 Å². The summed E-state index contributed by atoms with van der Waals surface area (Å²) in [5.74, 6) is -7.29. The van der Waals surface area contributed by atoms with Crippen molar-refractivity contribution in [3.8, 4) is 0 Å². The van der Waals surface area contributed by atoms with Crippen LogP contribution in [0.5, 0.6) is 0 Å². The molecule has 0 spiro atoms. The molecule has 0 aromatic carbocycles. The second-order valence-corrected chi connectivity index (χ2v) is 15.2. The number of rotatable bonds is 26. The number of hydrogen-bond donors (Lipinski definition) is 10. The van der Waals surface area contributed by atoms with Crippen LogP contribution in [-0.4, -0.2) is 149 Å². The maximum Gasteiger partial charge on any atom is 0.326 e. The molecule has 0 aromatic heterocycles. The van der Waals surface area contributed by atoms with Crippen molar-refractivity contribution in [2.75, 3.05) is 38.2 Å². The zero-order valence-electron chi connectivity index (χ0n) is 32.6. The van der Waals surface area contributed by atoms with E-state index < -0.39 is 108 Å². The molecular formula is C35H61N11O10S. The highest BCUT2D eigenvalue weighted by Crippen LogP contribution is 2.22. The first-order valence-corrected chi connectivity index (χ1v) is 20.7. The summed E-state index contributed by atoms with van der Waals surface area (Å²) >= 11 is 1.36. The van der Waals surface area contributed by atoms with Gasteiger partial charge in [-0.3, -0.25) is 38.4 Å². The van der Waals surface area contributed by atoms with Gasteiger partial charge in [0.25, 0.3) is 0 Å². The van der Waals surface area contributed by atoms with Crippen LogP contribution in [0.4, 0.5) is 0 Å². The Bertz CT molecular complexity index is 1440. The van der Waals surface area contributed by atoms with Crippen LogP contribution in [0.3, 0.4) is 0 Å². The molecule has 21 nitrogen and oxygen atoms in total. The fourth-order valence-electron chi connectivity index (χ4n) is 6.80. The van der Waals surface area contributed by atoms with E-state index in [2.05, 4.69) is 21.3 Å². The van der Waals surface area contributed by atoms with Gasteiger partial charge in [0.2, 0.25) is 47.3 Å². The zero-order chi connectivity index (χ0) is 42.7. The van der Waals surface area contributed by atoms with Crippen molar-refractivity contribution in [2.45, 2.75) is 126 Å². The highest BCUT2D eigenvalue weighted by molar-refractivity contribution is 7.98. The van der Waals surface area contributed by atoms with Gasteiger partial charge in [0.15, 0.2) is 0 Å². The van der Waals surface area contributed by atoms with Gasteiger partial charge in [-0.2, -0.15) is 11.8 Å². The average Bonchev–Trinajstić information content (AvgIpc) is 3.85. The van der Waals surface area contributed by atoms with E-state index in [1.54, 1.807) is 6.26 Å². The van der Waals surface area contributed by atoms with E-state index in [0.29, 0.717) is 63.8 Å². The first kappa shape index (κ1) is 48.6. The summed E-state index contributed by atoms with van der Waals surface area (Å²) in [6.45, 7) is 1.09. The lowest BCUT2D eigenvalue weighted by Gasteiger charge is -2.31. The van der Waals surface area contributed by atoms with E-state index in [1.807, 2.05) is 0 Å². The number of thioether (sulfide) groups is 1. The molecule has 15 N–H and O–H groups in total. The molecule has 2 fully saturated rings. The number of carbonyl (C=O) groups excluding carboxylic acids is 8. The van der Waals surface area contributed by atoms with Crippen molar-refractivity contribution in [3.05, 3.63) is 0 Å². The van der Waals surface area contributed by atoms with Crippen LogP contribution in [-0.2, 0) is 43.2 Å². The molecule has 0 radical (unpaired) electrons. The molecule has 2 rings (SSSR count). The van der Waals surface area contributed by atoms with Gasteiger partial charge in [-0.1, -0.05) is 6.42 Å². The van der Waals surface area contributed by atoms with Crippen molar-refractivity contribution >= 4 is 65.0 Å². The molecule has 2 aliphatic rings. The van der Waals surface area contributed by atoms with Crippen molar-refractivity contribution in [1.29, 1.82) is 0 Å². The summed E-state index contributed by atoms with van der Waals surface area (Å²) in [4.78, 5) is 119. The molecule has 322 valence electrons. The third-order valence-electron chi connectivity index (χ3n) is 9.83. The third kappa shape index (κ3) is 15.7. The molecule has 0 unspecified atom stereocenters. The topological polar surface area (TPSA) is 359 Å². The quantitative estimate of drug-likeness (QED) is 0.0373. The van der Waals surface area contributed by atoms with E-state index in [4.69, 9.17) is 28.7 Å². The van der Waals surface area contributed by atoms with Crippen molar-refractivity contribution in [1.82, 2.24) is 31.1 Å². The number of unbranched alkanes of at least 4 members (excludes halogenated alkanes) is 2. The number of aliphatic carboxylic acids is 1. The second-order valence-electron chi connectivity index (χ2n) is 14.3. The standard InChI is InChI=1S/C35H61N11O10S/c1-57-17-12-21(29(49)42-22(35(55)56)9-3-5-14-37)41-30(50)23(18-27(39)47)43-31(51)26-11-7-16-46(26)34(54)24(19-28(40)48)44-32(52)25-10-6-15-45(25)33(53)20(38)8-2-4-13-36/h20-26H,2-19,36-38H2,1H3,(H2,39,47)(H2,40,48)(H,41,50)(H,42,49)(H,43,51)(H,44,52)(H,55,56)/t20-,21-,22-,23-,24-,25-,26-/m0/s1. The lowest BCUT2D eigenvalue weighted by Crippen LogP contribution is -2.60. The third-order valence-corrected chi connectivity index (χ3v) is 10.5. The van der Waals surface area contributed by atoms with Crippen LogP contribution in [0.2, 0.25) is 0 Å². The number of nitrogens with one attached hydrogen (secondary N) is 4. The summed E-state index contributed by atoms with van der Waals surface area (Å²) in [7, 11) is 0. The van der Waals surface area contributed by atoms with Crippen LogP contribution in [0.25, 0.3) is 0 Å². The zero-order valence-corrected chi connectivity index (χ0v) is 33.4. The second kappa shape index (κ2) is 25.0. The molecule has 2 heterocycles. The number of nitrogens with zero attached hydrogens (tertiary/aromatic N) is 2. The maximum atomic E-state index is 13.9. The summed E-state index contributed by atoms with van der Waals surface area (Å²) in [5, 5.41) is 19.6. The highest BCUT2D eigenvalue weighted by atomic mass is 32.2. The van der Waals surface area contributed by atoms with Crippen LogP contribution < -0.4 is 49.9 Å². The summed E-state index contributed by atoms with van der Waals surface area (Å²) in [6, 6.07) is -8.59. The lowest BCUT2D eigenvalue weighted by atomic mass is 10.1. The Morgan fingerprint density at radius 2 is 1.12 bits per heavy atom. The predicted octanol–water partition coefficient (Wildman–Crippen LogP) is -3.92. The van der Waals surface area contributed by atoms with Gasteiger partial charge < -0.3 is 64.8 Å². The molecule has 22 heteroatoms. The Balaban J connectivity index is 2.22. The minimum atomic E-state index is -1.59. The monoisotopic (exact) mass is 827 g/mol. The van der Waals surface area contributed by atoms with Gasteiger partial charge in [-0.25, -0.2) is 4.79 Å². The number of carbonyl (C=O) groups is 9. The van der Waals surface area contributed by atoms with Gasteiger partial charge in [-0.15, -0.1) is 0 Å². The molecule has 0 saturated carbocycles. The molecule has 2 saturated heterocycles. The molecule has 0 bridgehead atoms. The molecule has 8 amide bonds. The van der Waals surface area contributed by atoms with Gasteiger partial charge in [0, 0.05) is 13.1 Å². The first-order valence-electron chi connectivity index (χ1n) is 19.3. The largest absolute Gasteiger partial charge is 0.480 e.